The average Bonchev–Trinajstić information content (AvgIpc) is 2.63. The highest BCUT2D eigenvalue weighted by atomic mass is 19.1. The van der Waals surface area contributed by atoms with Gasteiger partial charge >= 0.3 is 0 Å². The lowest BCUT2D eigenvalue weighted by atomic mass is 10.1. The fourth-order valence-corrected chi connectivity index (χ4v) is 2.78. The molecule has 5 heteroatoms. The predicted molar refractivity (Wildman–Crippen MR) is 105 cm³/mol. The topological polar surface area (TPSA) is 58.2 Å². The van der Waals surface area contributed by atoms with Crippen molar-refractivity contribution in [3.63, 3.8) is 0 Å². The summed E-state index contributed by atoms with van der Waals surface area (Å²) in [6.07, 6.45) is 0. The zero-order chi connectivity index (χ0) is 19.4. The highest BCUT2D eigenvalue weighted by Gasteiger charge is 2.11. The van der Waals surface area contributed by atoms with E-state index < -0.39 is 11.7 Å². The smallest absolute Gasteiger partial charge is 0.255 e. The molecule has 0 spiro atoms. The molecule has 0 bridgehead atoms. The number of amides is 2. The van der Waals surface area contributed by atoms with Crippen molar-refractivity contribution in [1.29, 1.82) is 0 Å². The second-order valence-corrected chi connectivity index (χ2v) is 6.34. The van der Waals surface area contributed by atoms with E-state index in [0.29, 0.717) is 11.1 Å². The van der Waals surface area contributed by atoms with E-state index in [2.05, 4.69) is 10.6 Å². The van der Waals surface area contributed by atoms with Crippen LogP contribution in [-0.2, 0) is 0 Å². The number of para-hydroxylation sites is 1. The molecule has 3 rings (SSSR count). The van der Waals surface area contributed by atoms with Crippen molar-refractivity contribution in [3.8, 4) is 0 Å². The molecule has 0 atom stereocenters. The molecule has 0 heterocycles. The monoisotopic (exact) mass is 362 g/mol. The summed E-state index contributed by atoms with van der Waals surface area (Å²) in [6.45, 7) is 3.93. The van der Waals surface area contributed by atoms with Crippen LogP contribution in [0.5, 0.6) is 0 Å². The number of halogens is 1. The Hall–Kier alpha value is -3.47. The molecule has 2 N–H and O–H groups in total. The Balaban J connectivity index is 1.70. The predicted octanol–water partition coefficient (Wildman–Crippen LogP) is 4.95. The zero-order valence-corrected chi connectivity index (χ0v) is 15.0. The van der Waals surface area contributed by atoms with Crippen LogP contribution in [0.25, 0.3) is 0 Å². The Bertz CT molecular complexity index is 977. The molecule has 0 aliphatic rings. The Kier molecular flexibility index (Phi) is 5.31. The highest BCUT2D eigenvalue weighted by Crippen LogP contribution is 2.17. The molecule has 0 aliphatic heterocycles. The molecule has 3 aromatic carbocycles. The summed E-state index contributed by atoms with van der Waals surface area (Å²) in [7, 11) is 0. The lowest BCUT2D eigenvalue weighted by Gasteiger charge is -2.09. The number of nitrogens with one attached hydrogen (secondary N) is 2. The van der Waals surface area contributed by atoms with Gasteiger partial charge in [-0.1, -0.05) is 18.2 Å². The van der Waals surface area contributed by atoms with Crippen molar-refractivity contribution in [1.82, 2.24) is 0 Å². The Morgan fingerprint density at radius 3 is 1.81 bits per heavy atom. The normalized spacial score (nSPS) is 10.3. The summed E-state index contributed by atoms with van der Waals surface area (Å²) in [5.74, 6) is -1.21. The minimum atomic E-state index is -0.504. The van der Waals surface area contributed by atoms with Gasteiger partial charge in [-0.2, -0.15) is 0 Å². The Labute approximate surface area is 157 Å². The van der Waals surface area contributed by atoms with Crippen LogP contribution >= 0.6 is 0 Å². The number of carbonyl (C=O) groups excluding carboxylic acids is 2. The van der Waals surface area contributed by atoms with E-state index in [1.807, 2.05) is 32.0 Å². The van der Waals surface area contributed by atoms with Gasteiger partial charge in [-0.3, -0.25) is 9.59 Å². The SMILES string of the molecule is Cc1cc(C)cc(NC(=O)c2ccc(C(=O)Nc3ccccc3F)cc2)c1. The summed E-state index contributed by atoms with van der Waals surface area (Å²) in [5, 5.41) is 5.36. The minimum Gasteiger partial charge on any atom is -0.322 e. The number of hydrogen-bond acceptors (Lipinski definition) is 2. The third-order valence-electron chi connectivity index (χ3n) is 4.01. The fourth-order valence-electron chi connectivity index (χ4n) is 2.78. The number of carbonyl (C=O) groups is 2. The quantitative estimate of drug-likeness (QED) is 0.690. The number of anilines is 2. The van der Waals surface area contributed by atoms with Gasteiger partial charge in [0.1, 0.15) is 5.82 Å². The molecule has 0 unspecified atom stereocenters. The number of benzene rings is 3. The van der Waals surface area contributed by atoms with Gasteiger partial charge in [0.05, 0.1) is 5.69 Å². The highest BCUT2D eigenvalue weighted by molar-refractivity contribution is 6.07. The van der Waals surface area contributed by atoms with Crippen LogP contribution in [0.15, 0.2) is 66.7 Å². The van der Waals surface area contributed by atoms with Gasteiger partial charge in [-0.05, 0) is 73.5 Å². The Morgan fingerprint density at radius 2 is 1.26 bits per heavy atom. The molecule has 4 nitrogen and oxygen atoms in total. The molecule has 3 aromatic rings. The molecule has 2 amide bonds. The van der Waals surface area contributed by atoms with Crippen LogP contribution in [0, 0.1) is 19.7 Å². The van der Waals surface area contributed by atoms with Crippen molar-refractivity contribution in [2.45, 2.75) is 13.8 Å². The molecular formula is C22H19FN2O2. The van der Waals surface area contributed by atoms with E-state index in [0.717, 1.165) is 16.8 Å². The first-order valence-electron chi connectivity index (χ1n) is 8.48. The van der Waals surface area contributed by atoms with E-state index in [1.165, 1.54) is 24.3 Å². The van der Waals surface area contributed by atoms with Gasteiger partial charge in [-0.15, -0.1) is 0 Å². The van der Waals surface area contributed by atoms with E-state index in [-0.39, 0.29) is 11.6 Å². The summed E-state index contributed by atoms with van der Waals surface area (Å²) in [6, 6.07) is 17.9. The van der Waals surface area contributed by atoms with E-state index in [1.54, 1.807) is 24.3 Å². The number of hydrogen-bond donors (Lipinski definition) is 2. The maximum absolute atomic E-state index is 13.6. The molecule has 0 fully saturated rings. The molecule has 27 heavy (non-hydrogen) atoms. The Morgan fingerprint density at radius 1 is 0.741 bits per heavy atom. The van der Waals surface area contributed by atoms with Crippen molar-refractivity contribution >= 4 is 23.2 Å². The van der Waals surface area contributed by atoms with E-state index in [9.17, 15) is 14.0 Å². The van der Waals surface area contributed by atoms with Gasteiger partial charge in [0, 0.05) is 16.8 Å². The minimum absolute atomic E-state index is 0.110. The first-order valence-corrected chi connectivity index (χ1v) is 8.48. The average molecular weight is 362 g/mol. The van der Waals surface area contributed by atoms with Crippen LogP contribution in [-0.4, -0.2) is 11.8 Å². The molecule has 136 valence electrons. The summed E-state index contributed by atoms with van der Waals surface area (Å²) >= 11 is 0. The summed E-state index contributed by atoms with van der Waals surface area (Å²) in [5.41, 5.74) is 3.71. The lowest BCUT2D eigenvalue weighted by molar-refractivity contribution is 0.101. The van der Waals surface area contributed by atoms with E-state index in [4.69, 9.17) is 0 Å². The molecule has 0 saturated carbocycles. The van der Waals surface area contributed by atoms with Crippen molar-refractivity contribution in [3.05, 3.63) is 94.8 Å². The largest absolute Gasteiger partial charge is 0.322 e. The summed E-state index contributed by atoms with van der Waals surface area (Å²) in [4.78, 5) is 24.6. The maximum atomic E-state index is 13.6. The standard InChI is InChI=1S/C22H19FN2O2/c1-14-11-15(2)13-18(12-14)24-21(26)16-7-9-17(10-8-16)22(27)25-20-6-4-3-5-19(20)23/h3-13H,1-2H3,(H,24,26)(H,25,27). The van der Waals surface area contributed by atoms with E-state index >= 15 is 0 Å². The lowest BCUT2D eigenvalue weighted by Crippen LogP contribution is -2.15. The van der Waals surface area contributed by atoms with Gasteiger partial charge in [0.2, 0.25) is 0 Å². The third-order valence-corrected chi connectivity index (χ3v) is 4.01. The fraction of sp³-hybridized carbons (Fsp3) is 0.0909. The zero-order valence-electron chi connectivity index (χ0n) is 15.0. The first kappa shape index (κ1) is 18.3. The maximum Gasteiger partial charge on any atom is 0.255 e. The van der Waals surface area contributed by atoms with Crippen molar-refractivity contribution in [2.75, 3.05) is 10.6 Å². The molecule has 0 saturated heterocycles. The molecule has 0 aliphatic carbocycles. The van der Waals surface area contributed by atoms with Gasteiger partial charge in [0.25, 0.3) is 11.8 Å². The van der Waals surface area contributed by atoms with Gasteiger partial charge < -0.3 is 10.6 Å². The second-order valence-electron chi connectivity index (χ2n) is 6.34. The molecular weight excluding hydrogens is 343 g/mol. The van der Waals surface area contributed by atoms with Crippen molar-refractivity contribution < 1.29 is 14.0 Å². The van der Waals surface area contributed by atoms with Crippen LogP contribution in [0.4, 0.5) is 15.8 Å². The molecule has 0 aromatic heterocycles. The molecule has 0 radical (unpaired) electrons. The van der Waals surface area contributed by atoms with Crippen LogP contribution < -0.4 is 10.6 Å². The summed E-state index contributed by atoms with van der Waals surface area (Å²) < 4.78 is 13.6. The number of aryl methyl sites for hydroxylation is 2. The van der Waals surface area contributed by atoms with Crippen LogP contribution in [0.1, 0.15) is 31.8 Å². The van der Waals surface area contributed by atoms with Crippen LogP contribution in [0.2, 0.25) is 0 Å². The number of rotatable bonds is 4. The second kappa shape index (κ2) is 7.83. The first-order chi connectivity index (χ1) is 12.9. The van der Waals surface area contributed by atoms with Gasteiger partial charge in [-0.25, -0.2) is 4.39 Å². The van der Waals surface area contributed by atoms with Crippen molar-refractivity contribution in [2.24, 2.45) is 0 Å². The van der Waals surface area contributed by atoms with Crippen LogP contribution in [0.3, 0.4) is 0 Å². The van der Waals surface area contributed by atoms with Gasteiger partial charge in [0.15, 0.2) is 0 Å². The third kappa shape index (κ3) is 4.58.